The topological polar surface area (TPSA) is 45.2 Å². The molecule has 1 aromatic heterocycles. The molecule has 0 aliphatic carbocycles. The molecule has 3 aromatic rings. The van der Waals surface area contributed by atoms with Crippen LogP contribution in [0.4, 0.5) is 5.13 Å². The minimum Gasteiger partial charge on any atom is -0.352 e. The number of anilines is 1. The fourth-order valence-corrected chi connectivity index (χ4v) is 4.02. The standard InChI is InChI=1S/C24H26BrN3OS/c1-4-13-28(24-27-22(16-30-24)19-9-11-21(25)12-10-19)15-18-5-7-20(8-6-18)23(29)26-14-17(2)3/h4-12,16-17H,1,13-15H2,2-3H3,(H,26,29). The Hall–Kier alpha value is -2.44. The van der Waals surface area contributed by atoms with Gasteiger partial charge in [0.05, 0.1) is 5.69 Å². The molecule has 0 fully saturated rings. The van der Waals surface area contributed by atoms with Crippen molar-refractivity contribution in [2.24, 2.45) is 5.92 Å². The van der Waals surface area contributed by atoms with Crippen molar-refractivity contribution in [1.82, 2.24) is 10.3 Å². The van der Waals surface area contributed by atoms with E-state index in [0.717, 1.165) is 26.4 Å². The van der Waals surface area contributed by atoms with Gasteiger partial charge in [-0.3, -0.25) is 4.79 Å². The Balaban J connectivity index is 1.71. The zero-order valence-electron chi connectivity index (χ0n) is 17.3. The Morgan fingerprint density at radius 1 is 1.20 bits per heavy atom. The van der Waals surface area contributed by atoms with Crippen LogP contribution in [0.25, 0.3) is 11.3 Å². The van der Waals surface area contributed by atoms with Crippen molar-refractivity contribution in [2.45, 2.75) is 20.4 Å². The smallest absolute Gasteiger partial charge is 0.251 e. The van der Waals surface area contributed by atoms with Crippen molar-refractivity contribution >= 4 is 38.3 Å². The SMILES string of the molecule is C=CCN(Cc1ccc(C(=O)NCC(C)C)cc1)c1nc(-c2ccc(Br)cc2)cs1. The molecule has 0 aliphatic rings. The number of halogens is 1. The van der Waals surface area contributed by atoms with Crippen LogP contribution in [0, 0.1) is 5.92 Å². The number of carbonyl (C=O) groups excluding carboxylic acids is 1. The highest BCUT2D eigenvalue weighted by Crippen LogP contribution is 2.29. The van der Waals surface area contributed by atoms with Gasteiger partial charge in [0.25, 0.3) is 5.91 Å². The number of hydrogen-bond acceptors (Lipinski definition) is 4. The summed E-state index contributed by atoms with van der Waals surface area (Å²) in [4.78, 5) is 19.2. The first kappa shape index (κ1) is 22.2. The molecule has 0 atom stereocenters. The maximum absolute atomic E-state index is 12.2. The third-order valence-corrected chi connectivity index (χ3v) is 5.94. The lowest BCUT2D eigenvalue weighted by Crippen LogP contribution is -2.27. The van der Waals surface area contributed by atoms with Crippen LogP contribution in [0.1, 0.15) is 29.8 Å². The van der Waals surface area contributed by atoms with Gasteiger partial charge in [0.2, 0.25) is 0 Å². The van der Waals surface area contributed by atoms with Crippen molar-refractivity contribution in [1.29, 1.82) is 0 Å². The predicted molar refractivity (Wildman–Crippen MR) is 130 cm³/mol. The van der Waals surface area contributed by atoms with Crippen LogP contribution in [-0.4, -0.2) is 24.0 Å². The highest BCUT2D eigenvalue weighted by molar-refractivity contribution is 9.10. The van der Waals surface area contributed by atoms with Gasteiger partial charge < -0.3 is 10.2 Å². The first-order chi connectivity index (χ1) is 14.5. The fraction of sp³-hybridized carbons (Fsp3) is 0.250. The first-order valence-electron chi connectivity index (χ1n) is 9.90. The number of nitrogens with one attached hydrogen (secondary N) is 1. The van der Waals surface area contributed by atoms with Crippen molar-refractivity contribution in [3.8, 4) is 11.3 Å². The summed E-state index contributed by atoms with van der Waals surface area (Å²) in [5.74, 6) is 0.401. The molecule has 4 nitrogen and oxygen atoms in total. The Morgan fingerprint density at radius 3 is 2.53 bits per heavy atom. The third kappa shape index (κ3) is 6.03. The number of rotatable bonds is 9. The van der Waals surface area contributed by atoms with E-state index in [9.17, 15) is 4.79 Å². The first-order valence-corrected chi connectivity index (χ1v) is 11.6. The van der Waals surface area contributed by atoms with Crippen molar-refractivity contribution < 1.29 is 4.79 Å². The molecule has 30 heavy (non-hydrogen) atoms. The number of amides is 1. The maximum atomic E-state index is 12.2. The average Bonchev–Trinajstić information content (AvgIpc) is 3.23. The van der Waals surface area contributed by atoms with Crippen LogP contribution in [0.3, 0.4) is 0 Å². The second-order valence-electron chi connectivity index (χ2n) is 7.49. The number of benzene rings is 2. The second-order valence-corrected chi connectivity index (χ2v) is 9.24. The summed E-state index contributed by atoms with van der Waals surface area (Å²) >= 11 is 5.10. The summed E-state index contributed by atoms with van der Waals surface area (Å²) in [7, 11) is 0. The van der Waals surface area contributed by atoms with E-state index in [1.54, 1.807) is 11.3 Å². The van der Waals surface area contributed by atoms with E-state index < -0.39 is 0 Å². The third-order valence-electron chi connectivity index (χ3n) is 4.51. The number of carbonyl (C=O) groups is 1. The zero-order valence-corrected chi connectivity index (χ0v) is 19.7. The van der Waals surface area contributed by atoms with Gasteiger partial charge in [0.15, 0.2) is 5.13 Å². The van der Waals surface area contributed by atoms with Crippen LogP contribution in [-0.2, 0) is 6.54 Å². The number of hydrogen-bond donors (Lipinski definition) is 1. The van der Waals surface area contributed by atoms with Crippen LogP contribution in [0.5, 0.6) is 0 Å². The molecule has 156 valence electrons. The number of thiazole rings is 1. The van der Waals surface area contributed by atoms with Crippen molar-refractivity contribution in [3.63, 3.8) is 0 Å². The minimum absolute atomic E-state index is 0.0303. The summed E-state index contributed by atoms with van der Waals surface area (Å²) in [6.45, 7) is 10.1. The molecule has 1 heterocycles. The van der Waals surface area contributed by atoms with Crippen LogP contribution in [0.15, 0.2) is 71.0 Å². The van der Waals surface area contributed by atoms with Gasteiger partial charge in [-0.15, -0.1) is 17.9 Å². The summed E-state index contributed by atoms with van der Waals surface area (Å²) in [5, 5.41) is 5.98. The Kier molecular flexibility index (Phi) is 7.82. The zero-order chi connectivity index (χ0) is 21.5. The van der Waals surface area contributed by atoms with Gasteiger partial charge in [-0.05, 0) is 35.7 Å². The molecule has 1 amide bonds. The lowest BCUT2D eigenvalue weighted by Gasteiger charge is -2.20. The van der Waals surface area contributed by atoms with Crippen LogP contribution in [0.2, 0.25) is 0 Å². The van der Waals surface area contributed by atoms with Crippen molar-refractivity contribution in [2.75, 3.05) is 18.0 Å². The molecule has 0 saturated carbocycles. The molecule has 0 bridgehead atoms. The molecule has 0 spiro atoms. The lowest BCUT2D eigenvalue weighted by atomic mass is 10.1. The predicted octanol–water partition coefficient (Wildman–Crippen LogP) is 6.15. The summed E-state index contributed by atoms with van der Waals surface area (Å²) < 4.78 is 1.05. The average molecular weight is 484 g/mol. The Morgan fingerprint density at radius 2 is 1.90 bits per heavy atom. The maximum Gasteiger partial charge on any atom is 0.251 e. The molecule has 0 saturated heterocycles. The molecule has 3 rings (SSSR count). The molecule has 0 aliphatic heterocycles. The minimum atomic E-state index is -0.0303. The number of nitrogens with zero attached hydrogens (tertiary/aromatic N) is 2. The van der Waals surface area contributed by atoms with Crippen molar-refractivity contribution in [3.05, 3.63) is 82.2 Å². The summed E-state index contributed by atoms with van der Waals surface area (Å²) in [6.07, 6.45) is 1.88. The van der Waals surface area contributed by atoms with Gasteiger partial charge in [-0.2, -0.15) is 0 Å². The largest absolute Gasteiger partial charge is 0.352 e. The number of aromatic nitrogens is 1. The van der Waals surface area contributed by atoms with E-state index in [0.29, 0.717) is 31.1 Å². The summed E-state index contributed by atoms with van der Waals surface area (Å²) in [6, 6.07) is 15.9. The van der Waals surface area contributed by atoms with Gasteiger partial charge in [-0.1, -0.05) is 60.1 Å². The quantitative estimate of drug-likeness (QED) is 0.371. The summed E-state index contributed by atoms with van der Waals surface area (Å²) in [5.41, 5.74) is 3.86. The normalized spacial score (nSPS) is 10.8. The molecular formula is C24H26BrN3OS. The molecule has 0 unspecified atom stereocenters. The molecule has 2 aromatic carbocycles. The second kappa shape index (κ2) is 10.5. The van der Waals surface area contributed by atoms with Crippen LogP contribution < -0.4 is 10.2 Å². The van der Waals surface area contributed by atoms with E-state index in [4.69, 9.17) is 4.98 Å². The molecule has 6 heteroatoms. The monoisotopic (exact) mass is 483 g/mol. The van der Waals surface area contributed by atoms with E-state index in [2.05, 4.69) is 64.1 Å². The van der Waals surface area contributed by atoms with Crippen LogP contribution >= 0.6 is 27.3 Å². The van der Waals surface area contributed by atoms with E-state index in [1.807, 2.05) is 42.5 Å². The molecule has 0 radical (unpaired) electrons. The molecule has 1 N–H and O–H groups in total. The van der Waals surface area contributed by atoms with Gasteiger partial charge in [-0.25, -0.2) is 4.98 Å². The van der Waals surface area contributed by atoms with E-state index in [-0.39, 0.29) is 5.91 Å². The van der Waals surface area contributed by atoms with Gasteiger partial charge in [0.1, 0.15) is 0 Å². The van der Waals surface area contributed by atoms with Gasteiger partial charge in [0, 0.05) is 40.6 Å². The highest BCUT2D eigenvalue weighted by atomic mass is 79.9. The van der Waals surface area contributed by atoms with E-state index >= 15 is 0 Å². The molecular weight excluding hydrogens is 458 g/mol. The Bertz CT molecular complexity index is 980. The van der Waals surface area contributed by atoms with Gasteiger partial charge >= 0.3 is 0 Å². The Labute approximate surface area is 190 Å². The highest BCUT2D eigenvalue weighted by Gasteiger charge is 2.13. The lowest BCUT2D eigenvalue weighted by molar-refractivity contribution is 0.0949. The van der Waals surface area contributed by atoms with E-state index in [1.165, 1.54) is 0 Å². The fourth-order valence-electron chi connectivity index (χ4n) is 2.91.